The van der Waals surface area contributed by atoms with Crippen LogP contribution in [0.1, 0.15) is 38.6 Å². The van der Waals surface area contributed by atoms with Gasteiger partial charge < -0.3 is 10.1 Å². The van der Waals surface area contributed by atoms with Gasteiger partial charge in [0.15, 0.2) is 5.78 Å². The number of carbonyl (C=O) groups is 2. The van der Waals surface area contributed by atoms with Gasteiger partial charge in [-0.05, 0) is 33.3 Å². The maximum Gasteiger partial charge on any atom is 0.408 e. The third-order valence-corrected chi connectivity index (χ3v) is 3.02. The second kappa shape index (κ2) is 6.75. The molecule has 1 rings (SSSR count). The largest absolute Gasteiger partial charge is 0.444 e. The Morgan fingerprint density at radius 2 is 1.75 bits per heavy atom. The predicted molar refractivity (Wildman–Crippen MR) is 78.9 cm³/mol. The number of Topliss-reactive ketones (excluding diaryl/α,β-unsaturated/α-hetero) is 1. The number of halogens is 1. The number of benzene rings is 1. The summed E-state index contributed by atoms with van der Waals surface area (Å²) in [5, 5.41) is 1.89. The first kappa shape index (κ1) is 16.5. The number of amides is 1. The van der Waals surface area contributed by atoms with E-state index < -0.39 is 23.1 Å². The Morgan fingerprint density at radius 1 is 1.20 bits per heavy atom. The first-order chi connectivity index (χ1) is 9.20. The third-order valence-electron chi connectivity index (χ3n) is 2.52. The highest BCUT2D eigenvalue weighted by atomic mass is 35.5. The number of hydrogen-bond acceptors (Lipinski definition) is 3. The van der Waals surface area contributed by atoms with E-state index in [0.29, 0.717) is 0 Å². The van der Waals surface area contributed by atoms with E-state index in [4.69, 9.17) is 16.3 Å². The van der Waals surface area contributed by atoms with Gasteiger partial charge in [0, 0.05) is 0 Å². The fraction of sp³-hybridized carbons (Fsp3) is 0.467. The molecule has 0 aliphatic rings. The van der Waals surface area contributed by atoms with Crippen molar-refractivity contribution >= 4 is 23.5 Å². The lowest BCUT2D eigenvalue weighted by molar-refractivity contribution is -0.119. The quantitative estimate of drug-likeness (QED) is 0.866. The highest BCUT2D eigenvalue weighted by Gasteiger charge is 2.28. The maximum atomic E-state index is 11.8. The summed E-state index contributed by atoms with van der Waals surface area (Å²) in [5.74, 6) is -0.222. The maximum absolute atomic E-state index is 11.8. The van der Waals surface area contributed by atoms with Crippen LogP contribution in [-0.4, -0.2) is 23.5 Å². The molecule has 2 atom stereocenters. The van der Waals surface area contributed by atoms with Crippen molar-refractivity contribution in [2.75, 3.05) is 0 Å². The zero-order valence-corrected chi connectivity index (χ0v) is 12.9. The molecule has 0 aliphatic heterocycles. The van der Waals surface area contributed by atoms with Gasteiger partial charge in [-0.15, -0.1) is 11.6 Å². The lowest BCUT2D eigenvalue weighted by atomic mass is 10.0. The van der Waals surface area contributed by atoms with Crippen LogP contribution >= 0.6 is 11.6 Å². The van der Waals surface area contributed by atoms with Crippen LogP contribution in [0.5, 0.6) is 0 Å². The van der Waals surface area contributed by atoms with Crippen molar-refractivity contribution in [2.45, 2.75) is 44.7 Å². The fourth-order valence-corrected chi connectivity index (χ4v) is 2.03. The predicted octanol–water partition coefficient (Wildman–Crippen LogP) is 3.45. The number of ether oxygens (including phenoxy) is 1. The highest BCUT2D eigenvalue weighted by molar-refractivity contribution is 6.23. The van der Waals surface area contributed by atoms with Crippen LogP contribution in [0.2, 0.25) is 0 Å². The van der Waals surface area contributed by atoms with Gasteiger partial charge in [0.05, 0.1) is 5.38 Å². The van der Waals surface area contributed by atoms with Crippen LogP contribution < -0.4 is 5.32 Å². The molecular formula is C15H20ClNO3. The number of alkyl halides is 1. The Bertz CT molecular complexity index is 468. The number of alkyl carbamates (subject to hydrolysis) is 1. The molecule has 0 fully saturated rings. The van der Waals surface area contributed by atoms with Crippen LogP contribution in [0, 0.1) is 0 Å². The van der Waals surface area contributed by atoms with E-state index in [9.17, 15) is 9.59 Å². The van der Waals surface area contributed by atoms with Crippen LogP contribution in [-0.2, 0) is 9.53 Å². The van der Waals surface area contributed by atoms with E-state index in [0.717, 1.165) is 5.56 Å². The molecule has 2 unspecified atom stereocenters. The molecule has 20 heavy (non-hydrogen) atoms. The number of hydrogen-bond donors (Lipinski definition) is 1. The smallest absolute Gasteiger partial charge is 0.408 e. The Balaban J connectivity index is 2.80. The van der Waals surface area contributed by atoms with Crippen LogP contribution in [0.3, 0.4) is 0 Å². The second-order valence-corrected chi connectivity index (χ2v) is 6.02. The first-order valence-electron chi connectivity index (χ1n) is 6.39. The normalized spacial score (nSPS) is 14.2. The standard InChI is InChI=1S/C15H20ClNO3/c1-10(18)13(17-14(19)20-15(2,3)4)12(16)11-8-6-5-7-9-11/h5-9,12-13H,1-4H3,(H,17,19). The van der Waals surface area contributed by atoms with Gasteiger partial charge >= 0.3 is 6.09 Å². The molecule has 1 N–H and O–H groups in total. The van der Waals surface area contributed by atoms with Crippen LogP contribution in [0.25, 0.3) is 0 Å². The Hall–Kier alpha value is -1.55. The van der Waals surface area contributed by atoms with Gasteiger partial charge in [-0.2, -0.15) is 0 Å². The van der Waals surface area contributed by atoms with E-state index in [1.54, 1.807) is 20.8 Å². The van der Waals surface area contributed by atoms with Gasteiger partial charge in [-0.1, -0.05) is 30.3 Å². The molecular weight excluding hydrogens is 278 g/mol. The average molecular weight is 298 g/mol. The minimum atomic E-state index is -0.825. The molecule has 110 valence electrons. The van der Waals surface area contributed by atoms with Crippen LogP contribution in [0.15, 0.2) is 30.3 Å². The number of nitrogens with one attached hydrogen (secondary N) is 1. The lowest BCUT2D eigenvalue weighted by Crippen LogP contribution is -2.44. The van der Waals surface area contributed by atoms with Crippen molar-refractivity contribution < 1.29 is 14.3 Å². The minimum absolute atomic E-state index is 0.222. The first-order valence-corrected chi connectivity index (χ1v) is 6.83. The van der Waals surface area contributed by atoms with Gasteiger partial charge in [-0.3, -0.25) is 4.79 Å². The number of carbonyl (C=O) groups excluding carboxylic acids is 2. The van der Waals surface area contributed by atoms with Crippen molar-refractivity contribution in [3.8, 4) is 0 Å². The van der Waals surface area contributed by atoms with E-state index in [1.165, 1.54) is 6.92 Å². The molecule has 1 aromatic rings. The zero-order valence-electron chi connectivity index (χ0n) is 12.1. The van der Waals surface area contributed by atoms with E-state index in [1.807, 2.05) is 30.3 Å². The molecule has 0 heterocycles. The molecule has 1 amide bonds. The second-order valence-electron chi connectivity index (χ2n) is 5.55. The molecule has 0 radical (unpaired) electrons. The van der Waals surface area contributed by atoms with Gasteiger partial charge in [0.2, 0.25) is 0 Å². The van der Waals surface area contributed by atoms with Crippen molar-refractivity contribution in [1.82, 2.24) is 5.32 Å². The topological polar surface area (TPSA) is 55.4 Å². The summed E-state index contributed by atoms with van der Waals surface area (Å²) in [6.45, 7) is 6.65. The van der Waals surface area contributed by atoms with Gasteiger partial charge in [0.25, 0.3) is 0 Å². The Labute approximate surface area is 124 Å². The summed E-state index contributed by atoms with van der Waals surface area (Å²) in [4.78, 5) is 23.5. The molecule has 0 saturated heterocycles. The molecule has 0 aliphatic carbocycles. The summed E-state index contributed by atoms with van der Waals surface area (Å²) in [5.41, 5.74) is 0.144. The lowest BCUT2D eigenvalue weighted by Gasteiger charge is -2.25. The Kier molecular flexibility index (Phi) is 5.57. The van der Waals surface area contributed by atoms with Gasteiger partial charge in [-0.25, -0.2) is 4.79 Å². The molecule has 0 spiro atoms. The average Bonchev–Trinajstić information content (AvgIpc) is 2.34. The summed E-state index contributed by atoms with van der Waals surface area (Å²) in [7, 11) is 0. The Morgan fingerprint density at radius 3 is 2.20 bits per heavy atom. The van der Waals surface area contributed by atoms with Crippen molar-refractivity contribution in [3.05, 3.63) is 35.9 Å². The molecule has 0 saturated carbocycles. The summed E-state index contributed by atoms with van der Waals surface area (Å²) < 4.78 is 5.14. The number of rotatable bonds is 4. The van der Waals surface area contributed by atoms with Gasteiger partial charge in [0.1, 0.15) is 11.6 Å². The molecule has 4 nitrogen and oxygen atoms in total. The summed E-state index contributed by atoms with van der Waals surface area (Å²) >= 11 is 6.29. The monoisotopic (exact) mass is 297 g/mol. The molecule has 1 aromatic carbocycles. The zero-order chi connectivity index (χ0) is 15.3. The third kappa shape index (κ3) is 5.21. The summed E-state index contributed by atoms with van der Waals surface area (Å²) in [6, 6.07) is 8.31. The van der Waals surface area contributed by atoms with E-state index in [-0.39, 0.29) is 5.78 Å². The molecule has 0 bridgehead atoms. The van der Waals surface area contributed by atoms with E-state index >= 15 is 0 Å². The van der Waals surface area contributed by atoms with Crippen LogP contribution in [0.4, 0.5) is 4.79 Å². The molecule has 0 aromatic heterocycles. The summed E-state index contributed by atoms with van der Waals surface area (Å²) in [6.07, 6.45) is -0.653. The van der Waals surface area contributed by atoms with Crippen molar-refractivity contribution in [1.29, 1.82) is 0 Å². The fourth-order valence-electron chi connectivity index (χ4n) is 1.64. The SMILES string of the molecule is CC(=O)C(NC(=O)OC(C)(C)C)C(Cl)c1ccccc1. The van der Waals surface area contributed by atoms with E-state index in [2.05, 4.69) is 5.32 Å². The molecule has 5 heteroatoms. The van der Waals surface area contributed by atoms with Crippen molar-refractivity contribution in [2.24, 2.45) is 0 Å². The number of ketones is 1. The highest BCUT2D eigenvalue weighted by Crippen LogP contribution is 2.25. The van der Waals surface area contributed by atoms with Crippen molar-refractivity contribution in [3.63, 3.8) is 0 Å². The minimum Gasteiger partial charge on any atom is -0.444 e.